The Labute approximate surface area is 105 Å². The molecule has 0 aromatic carbocycles. The Morgan fingerprint density at radius 1 is 1.41 bits per heavy atom. The molecule has 0 aliphatic heterocycles. The van der Waals surface area contributed by atoms with E-state index in [4.69, 9.17) is 4.74 Å². The summed E-state index contributed by atoms with van der Waals surface area (Å²) in [4.78, 5) is 4.09. The second-order valence-electron chi connectivity index (χ2n) is 4.63. The molecule has 0 fully saturated rings. The summed E-state index contributed by atoms with van der Waals surface area (Å²) in [6.07, 6.45) is 1.66. The van der Waals surface area contributed by atoms with Gasteiger partial charge in [0.2, 0.25) is 5.88 Å². The van der Waals surface area contributed by atoms with E-state index in [0.717, 1.165) is 5.56 Å². The SMILES string of the molecule is COc1ccc(C(C)=N[S+]([O-])C(C)(C)C)cn1. The van der Waals surface area contributed by atoms with E-state index in [2.05, 4.69) is 9.38 Å². The van der Waals surface area contributed by atoms with E-state index in [1.807, 2.05) is 33.8 Å². The molecule has 0 spiro atoms. The van der Waals surface area contributed by atoms with Gasteiger partial charge in [-0.25, -0.2) is 4.98 Å². The van der Waals surface area contributed by atoms with Crippen molar-refractivity contribution in [3.05, 3.63) is 23.9 Å². The largest absolute Gasteiger partial charge is 0.591 e. The lowest BCUT2D eigenvalue weighted by atomic mass is 10.2. The molecule has 0 amide bonds. The molecule has 1 aromatic rings. The molecule has 0 aliphatic rings. The van der Waals surface area contributed by atoms with E-state index in [9.17, 15) is 4.55 Å². The van der Waals surface area contributed by atoms with Gasteiger partial charge in [0.25, 0.3) is 0 Å². The predicted molar refractivity (Wildman–Crippen MR) is 70.9 cm³/mol. The summed E-state index contributed by atoms with van der Waals surface area (Å²) in [5, 5.41) is 0. The number of aromatic nitrogens is 1. The molecule has 1 rings (SSSR count). The molecule has 1 aromatic heterocycles. The molecular weight excluding hydrogens is 236 g/mol. The van der Waals surface area contributed by atoms with Gasteiger partial charge in [-0.2, -0.15) is 0 Å². The Balaban J connectivity index is 2.88. The Kier molecular flexibility index (Phi) is 4.54. The molecule has 5 heteroatoms. The predicted octanol–water partition coefficient (Wildman–Crippen LogP) is 2.36. The van der Waals surface area contributed by atoms with E-state index < -0.39 is 11.4 Å². The zero-order chi connectivity index (χ0) is 13.1. The molecule has 1 unspecified atom stereocenters. The molecular formula is C12H18N2O2S. The highest BCUT2D eigenvalue weighted by atomic mass is 32.2. The van der Waals surface area contributed by atoms with E-state index >= 15 is 0 Å². The Morgan fingerprint density at radius 3 is 2.47 bits per heavy atom. The van der Waals surface area contributed by atoms with Gasteiger partial charge in [0.15, 0.2) is 0 Å². The fraction of sp³-hybridized carbons (Fsp3) is 0.500. The van der Waals surface area contributed by atoms with Gasteiger partial charge in [-0.1, -0.05) is 4.40 Å². The van der Waals surface area contributed by atoms with E-state index in [1.54, 1.807) is 19.4 Å². The quantitative estimate of drug-likeness (QED) is 0.614. The van der Waals surface area contributed by atoms with E-state index in [-0.39, 0.29) is 4.75 Å². The summed E-state index contributed by atoms with van der Waals surface area (Å²) in [6.45, 7) is 7.51. The Hall–Kier alpha value is -1.07. The van der Waals surface area contributed by atoms with Gasteiger partial charge in [0.05, 0.1) is 12.8 Å². The van der Waals surface area contributed by atoms with Crippen LogP contribution in [0, 0.1) is 0 Å². The van der Waals surface area contributed by atoms with Crippen LogP contribution in [0.25, 0.3) is 0 Å². The normalized spacial score (nSPS) is 14.6. The van der Waals surface area contributed by atoms with Gasteiger partial charge in [-0.15, -0.1) is 0 Å². The minimum absolute atomic E-state index is 0.346. The van der Waals surface area contributed by atoms with Gasteiger partial charge in [0.1, 0.15) is 16.1 Å². The highest BCUT2D eigenvalue weighted by Crippen LogP contribution is 2.18. The van der Waals surface area contributed by atoms with Crippen molar-refractivity contribution in [2.24, 2.45) is 4.40 Å². The first-order valence-electron chi connectivity index (χ1n) is 5.32. The van der Waals surface area contributed by atoms with E-state index in [0.29, 0.717) is 11.6 Å². The summed E-state index contributed by atoms with van der Waals surface area (Å²) in [7, 11) is 1.57. The third-order valence-electron chi connectivity index (χ3n) is 2.11. The first-order valence-corrected chi connectivity index (χ1v) is 6.43. The van der Waals surface area contributed by atoms with Crippen molar-refractivity contribution in [1.82, 2.24) is 4.98 Å². The zero-order valence-corrected chi connectivity index (χ0v) is 11.7. The molecule has 1 heterocycles. The number of methoxy groups -OCH3 is 1. The molecule has 1 atom stereocenters. The number of pyridine rings is 1. The Morgan fingerprint density at radius 2 is 2.06 bits per heavy atom. The fourth-order valence-electron chi connectivity index (χ4n) is 1.03. The first kappa shape index (κ1) is 14.0. The van der Waals surface area contributed by atoms with Crippen LogP contribution in [0.2, 0.25) is 0 Å². The molecule has 0 aliphatic carbocycles. The zero-order valence-electron chi connectivity index (χ0n) is 10.9. The van der Waals surface area contributed by atoms with Crippen molar-refractivity contribution in [3.63, 3.8) is 0 Å². The maximum atomic E-state index is 11.8. The third-order valence-corrected chi connectivity index (χ3v) is 3.59. The van der Waals surface area contributed by atoms with Crippen LogP contribution < -0.4 is 4.74 Å². The van der Waals surface area contributed by atoms with Gasteiger partial charge in [-0.3, -0.25) is 0 Å². The first-order chi connectivity index (χ1) is 7.84. The lowest BCUT2D eigenvalue weighted by molar-refractivity contribution is 0.398. The van der Waals surface area contributed by atoms with Crippen molar-refractivity contribution in [2.45, 2.75) is 32.4 Å². The van der Waals surface area contributed by atoms with Crippen LogP contribution in [-0.4, -0.2) is 27.1 Å². The van der Waals surface area contributed by atoms with Crippen LogP contribution in [0.5, 0.6) is 5.88 Å². The molecule has 94 valence electrons. The highest BCUT2D eigenvalue weighted by Gasteiger charge is 2.26. The summed E-state index contributed by atoms with van der Waals surface area (Å²) in [5.41, 5.74) is 1.57. The number of ether oxygens (including phenoxy) is 1. The van der Waals surface area contributed by atoms with Crippen LogP contribution in [0.1, 0.15) is 33.3 Å². The smallest absolute Gasteiger partial charge is 0.212 e. The summed E-state index contributed by atoms with van der Waals surface area (Å²) >= 11 is -1.25. The molecule has 0 saturated heterocycles. The molecule has 17 heavy (non-hydrogen) atoms. The van der Waals surface area contributed by atoms with Crippen LogP contribution in [0.3, 0.4) is 0 Å². The second kappa shape index (κ2) is 5.51. The topological polar surface area (TPSA) is 57.5 Å². The number of hydrogen-bond donors (Lipinski definition) is 0. The van der Waals surface area contributed by atoms with Crippen LogP contribution >= 0.6 is 0 Å². The fourth-order valence-corrected chi connectivity index (χ4v) is 1.66. The lowest BCUT2D eigenvalue weighted by Gasteiger charge is -2.18. The minimum atomic E-state index is -1.25. The average Bonchev–Trinajstić information content (AvgIpc) is 2.27. The lowest BCUT2D eigenvalue weighted by Crippen LogP contribution is -2.26. The van der Waals surface area contributed by atoms with Crippen LogP contribution in [-0.2, 0) is 11.4 Å². The van der Waals surface area contributed by atoms with Crippen molar-refractivity contribution in [1.29, 1.82) is 0 Å². The summed E-state index contributed by atoms with van der Waals surface area (Å²) in [6, 6.07) is 3.61. The van der Waals surface area contributed by atoms with Gasteiger partial charge >= 0.3 is 0 Å². The third kappa shape index (κ3) is 4.02. The van der Waals surface area contributed by atoms with Crippen LogP contribution in [0.4, 0.5) is 0 Å². The average molecular weight is 254 g/mol. The maximum Gasteiger partial charge on any atom is 0.212 e. The summed E-state index contributed by atoms with van der Waals surface area (Å²) in [5.74, 6) is 0.554. The van der Waals surface area contributed by atoms with Gasteiger partial charge in [-0.05, 0) is 33.8 Å². The van der Waals surface area contributed by atoms with Gasteiger partial charge in [0, 0.05) is 17.8 Å². The number of hydrogen-bond acceptors (Lipinski definition) is 4. The minimum Gasteiger partial charge on any atom is -0.591 e. The van der Waals surface area contributed by atoms with Crippen LogP contribution in [0.15, 0.2) is 22.7 Å². The van der Waals surface area contributed by atoms with E-state index in [1.165, 1.54) is 0 Å². The highest BCUT2D eigenvalue weighted by molar-refractivity contribution is 7.91. The van der Waals surface area contributed by atoms with Crippen molar-refractivity contribution >= 4 is 17.1 Å². The molecule has 0 bridgehead atoms. The van der Waals surface area contributed by atoms with Gasteiger partial charge < -0.3 is 9.29 Å². The molecule has 0 N–H and O–H groups in total. The maximum absolute atomic E-state index is 11.8. The Bertz CT molecular complexity index is 396. The van der Waals surface area contributed by atoms with Crippen molar-refractivity contribution in [3.8, 4) is 5.88 Å². The monoisotopic (exact) mass is 254 g/mol. The summed E-state index contributed by atoms with van der Waals surface area (Å²) < 4.78 is 20.7. The van der Waals surface area contributed by atoms with Crippen molar-refractivity contribution in [2.75, 3.05) is 7.11 Å². The number of nitrogens with zero attached hydrogens (tertiary/aromatic N) is 2. The van der Waals surface area contributed by atoms with Crippen molar-refractivity contribution < 1.29 is 9.29 Å². The number of rotatable bonds is 3. The molecule has 0 radical (unpaired) electrons. The standard InChI is InChI=1S/C12H18N2O2S/c1-9(14-17(15)12(2,3)4)10-6-7-11(16-5)13-8-10/h6-8H,1-5H3. The molecule has 4 nitrogen and oxygen atoms in total. The molecule has 0 saturated carbocycles. The second-order valence-corrected chi connectivity index (χ2v) is 6.53.